The molecule has 2 nitrogen and oxygen atoms in total. The molecular weight excluding hydrogens is 139 g/mol. The lowest BCUT2D eigenvalue weighted by Crippen LogP contribution is -1.93. The molecule has 48 valence electrons. The van der Waals surface area contributed by atoms with E-state index in [9.17, 15) is 4.39 Å². The highest BCUT2D eigenvalue weighted by atomic mass is 32.1. The van der Waals surface area contributed by atoms with Crippen molar-refractivity contribution in [3.05, 3.63) is 18.1 Å². The van der Waals surface area contributed by atoms with E-state index in [1.54, 1.807) is 0 Å². The number of hydrogen-bond acceptors (Lipinski definition) is 3. The average Bonchev–Trinajstić information content (AvgIpc) is 1.80. The zero-order valence-electron chi connectivity index (χ0n) is 4.50. The Labute approximate surface area is 57.3 Å². The normalized spacial score (nSPS) is 9.56. The fourth-order valence-corrected chi connectivity index (χ4v) is 0.609. The molecule has 9 heavy (non-hydrogen) atoms. The molecule has 0 saturated heterocycles. The molecule has 1 heterocycles. The minimum Gasteiger partial charge on any atom is -0.381 e. The van der Waals surface area contributed by atoms with Gasteiger partial charge in [-0.2, -0.15) is 0 Å². The van der Waals surface area contributed by atoms with Crippen LogP contribution in [0.3, 0.4) is 0 Å². The molecule has 1 aromatic heterocycles. The Kier molecular flexibility index (Phi) is 1.57. The van der Waals surface area contributed by atoms with Gasteiger partial charge >= 0.3 is 0 Å². The van der Waals surface area contributed by atoms with Gasteiger partial charge in [-0.1, -0.05) is 0 Å². The molecule has 0 bridgehead atoms. The monoisotopic (exact) mass is 144 g/mol. The minimum absolute atomic E-state index is 0.0900. The molecule has 2 N–H and O–H groups in total. The van der Waals surface area contributed by atoms with E-state index in [2.05, 4.69) is 17.6 Å². The predicted octanol–water partition coefficient (Wildman–Crippen LogP) is 1.09. The van der Waals surface area contributed by atoms with Crippen molar-refractivity contribution in [1.29, 1.82) is 0 Å². The van der Waals surface area contributed by atoms with Crippen LogP contribution in [0.5, 0.6) is 0 Å². The summed E-state index contributed by atoms with van der Waals surface area (Å²) in [5, 5.41) is 0. The van der Waals surface area contributed by atoms with E-state index >= 15 is 0 Å². The zero-order valence-corrected chi connectivity index (χ0v) is 5.40. The van der Waals surface area contributed by atoms with Gasteiger partial charge in [0, 0.05) is 11.1 Å². The summed E-state index contributed by atoms with van der Waals surface area (Å²) >= 11 is 3.84. The number of nitrogens with two attached hydrogens (primary N) is 1. The number of pyridine rings is 1. The number of aromatic nitrogens is 1. The summed E-state index contributed by atoms with van der Waals surface area (Å²) in [6.07, 6.45) is 1.39. The SMILES string of the molecule is Nc1ncc(S)cc1F. The second kappa shape index (κ2) is 2.23. The van der Waals surface area contributed by atoms with Crippen LogP contribution in [0.15, 0.2) is 17.2 Å². The number of nitrogen functional groups attached to an aromatic ring is 1. The minimum atomic E-state index is -0.525. The summed E-state index contributed by atoms with van der Waals surface area (Å²) in [5.74, 6) is -0.615. The van der Waals surface area contributed by atoms with Gasteiger partial charge in [0.25, 0.3) is 0 Å². The molecule has 0 aliphatic heterocycles. The summed E-state index contributed by atoms with van der Waals surface area (Å²) in [6.45, 7) is 0. The first-order valence-electron chi connectivity index (χ1n) is 2.30. The van der Waals surface area contributed by atoms with Gasteiger partial charge in [-0.15, -0.1) is 12.6 Å². The van der Waals surface area contributed by atoms with E-state index in [0.717, 1.165) is 0 Å². The van der Waals surface area contributed by atoms with Crippen molar-refractivity contribution in [2.75, 3.05) is 5.73 Å². The quantitative estimate of drug-likeness (QED) is 0.535. The number of nitrogens with zero attached hydrogens (tertiary/aromatic N) is 1. The van der Waals surface area contributed by atoms with Crippen molar-refractivity contribution in [3.63, 3.8) is 0 Å². The van der Waals surface area contributed by atoms with Crippen LogP contribution in [0.25, 0.3) is 0 Å². The Hall–Kier alpha value is -0.770. The number of thiol groups is 1. The van der Waals surface area contributed by atoms with Crippen LogP contribution in [-0.2, 0) is 0 Å². The van der Waals surface area contributed by atoms with Crippen molar-refractivity contribution in [2.24, 2.45) is 0 Å². The lowest BCUT2D eigenvalue weighted by Gasteiger charge is -1.93. The Balaban J connectivity index is 3.17. The van der Waals surface area contributed by atoms with E-state index in [1.165, 1.54) is 12.3 Å². The zero-order chi connectivity index (χ0) is 6.85. The van der Waals surface area contributed by atoms with Gasteiger partial charge in [-0.3, -0.25) is 0 Å². The Bertz CT molecular complexity index is 226. The van der Waals surface area contributed by atoms with E-state index < -0.39 is 5.82 Å². The molecule has 0 atom stereocenters. The van der Waals surface area contributed by atoms with Crippen LogP contribution < -0.4 is 5.73 Å². The molecule has 0 aliphatic rings. The second-order valence-electron chi connectivity index (χ2n) is 1.56. The Morgan fingerprint density at radius 3 is 2.78 bits per heavy atom. The van der Waals surface area contributed by atoms with Crippen LogP contribution in [0.1, 0.15) is 0 Å². The summed E-state index contributed by atoms with van der Waals surface area (Å²) in [4.78, 5) is 3.98. The van der Waals surface area contributed by atoms with Gasteiger partial charge in [0.15, 0.2) is 11.6 Å². The molecule has 0 amide bonds. The van der Waals surface area contributed by atoms with Gasteiger partial charge in [0.2, 0.25) is 0 Å². The first kappa shape index (κ1) is 6.35. The van der Waals surface area contributed by atoms with Crippen molar-refractivity contribution in [2.45, 2.75) is 4.90 Å². The van der Waals surface area contributed by atoms with Gasteiger partial charge in [0.1, 0.15) is 0 Å². The lowest BCUT2D eigenvalue weighted by atomic mass is 10.4. The average molecular weight is 144 g/mol. The van der Waals surface area contributed by atoms with Crippen LogP contribution in [0.2, 0.25) is 0 Å². The Morgan fingerprint density at radius 1 is 1.67 bits per heavy atom. The summed E-state index contributed by atoms with van der Waals surface area (Å²) in [5.41, 5.74) is 5.07. The third-order valence-corrected chi connectivity index (χ3v) is 1.10. The summed E-state index contributed by atoms with van der Waals surface area (Å²) < 4.78 is 12.3. The molecule has 4 heteroatoms. The fraction of sp³-hybridized carbons (Fsp3) is 0. The lowest BCUT2D eigenvalue weighted by molar-refractivity contribution is 0.623. The number of halogens is 1. The van der Waals surface area contributed by atoms with Gasteiger partial charge in [-0.05, 0) is 6.07 Å². The standard InChI is InChI=1S/C5H5FN2S/c6-4-1-3(9)2-8-5(4)7/h1-2,9H,(H2,7,8). The molecule has 0 aliphatic carbocycles. The largest absolute Gasteiger partial charge is 0.381 e. The summed E-state index contributed by atoms with van der Waals surface area (Å²) in [7, 11) is 0. The van der Waals surface area contributed by atoms with E-state index in [-0.39, 0.29) is 5.82 Å². The van der Waals surface area contributed by atoms with Gasteiger partial charge < -0.3 is 5.73 Å². The highest BCUT2D eigenvalue weighted by molar-refractivity contribution is 7.80. The second-order valence-corrected chi connectivity index (χ2v) is 2.08. The fourth-order valence-electron chi connectivity index (χ4n) is 0.438. The molecule has 0 saturated carbocycles. The topological polar surface area (TPSA) is 38.9 Å². The maximum atomic E-state index is 12.3. The maximum Gasteiger partial charge on any atom is 0.166 e. The number of anilines is 1. The highest BCUT2D eigenvalue weighted by Crippen LogP contribution is 2.10. The van der Waals surface area contributed by atoms with Crippen molar-refractivity contribution in [1.82, 2.24) is 4.98 Å². The first-order valence-corrected chi connectivity index (χ1v) is 2.75. The molecule has 0 unspecified atom stereocenters. The molecule has 0 radical (unpaired) electrons. The van der Waals surface area contributed by atoms with Crippen LogP contribution in [-0.4, -0.2) is 4.98 Å². The third kappa shape index (κ3) is 1.32. The van der Waals surface area contributed by atoms with E-state index in [1.807, 2.05) is 0 Å². The molecule has 0 aromatic carbocycles. The molecule has 0 spiro atoms. The van der Waals surface area contributed by atoms with Crippen LogP contribution >= 0.6 is 12.6 Å². The number of rotatable bonds is 0. The molecule has 1 aromatic rings. The number of hydrogen-bond donors (Lipinski definition) is 2. The molecule has 1 rings (SSSR count). The maximum absolute atomic E-state index is 12.3. The Morgan fingerprint density at radius 2 is 2.33 bits per heavy atom. The van der Waals surface area contributed by atoms with Crippen LogP contribution in [0, 0.1) is 5.82 Å². The molecule has 0 fully saturated rings. The molecular formula is C5H5FN2S. The van der Waals surface area contributed by atoms with Gasteiger partial charge in [-0.25, -0.2) is 9.37 Å². The van der Waals surface area contributed by atoms with E-state index in [0.29, 0.717) is 4.90 Å². The van der Waals surface area contributed by atoms with E-state index in [4.69, 9.17) is 5.73 Å². The van der Waals surface area contributed by atoms with Crippen LogP contribution in [0.4, 0.5) is 10.2 Å². The van der Waals surface area contributed by atoms with Crippen molar-refractivity contribution < 1.29 is 4.39 Å². The van der Waals surface area contributed by atoms with Crippen molar-refractivity contribution >= 4 is 18.4 Å². The summed E-state index contributed by atoms with van der Waals surface area (Å²) in [6, 6.07) is 1.21. The van der Waals surface area contributed by atoms with Crippen molar-refractivity contribution in [3.8, 4) is 0 Å². The van der Waals surface area contributed by atoms with Gasteiger partial charge in [0.05, 0.1) is 0 Å². The highest BCUT2D eigenvalue weighted by Gasteiger charge is 1.96. The predicted molar refractivity (Wildman–Crippen MR) is 35.9 cm³/mol. The smallest absolute Gasteiger partial charge is 0.166 e. The first-order chi connectivity index (χ1) is 4.20. The third-order valence-electron chi connectivity index (χ3n) is 0.855.